The summed E-state index contributed by atoms with van der Waals surface area (Å²) >= 11 is 0. The van der Waals surface area contributed by atoms with Gasteiger partial charge in [-0.1, -0.05) is 18.2 Å². The van der Waals surface area contributed by atoms with Crippen LogP contribution in [0.2, 0.25) is 0 Å². The van der Waals surface area contributed by atoms with Gasteiger partial charge < -0.3 is 19.7 Å². The Labute approximate surface area is 182 Å². The summed E-state index contributed by atoms with van der Waals surface area (Å²) in [6, 6.07) is 11.6. The number of likely N-dealkylation sites (tertiary alicyclic amines) is 1. The van der Waals surface area contributed by atoms with E-state index in [1.54, 1.807) is 43.4 Å². The molecule has 1 heterocycles. The summed E-state index contributed by atoms with van der Waals surface area (Å²) < 4.78 is 23.9. The highest BCUT2D eigenvalue weighted by atomic mass is 19.1. The van der Waals surface area contributed by atoms with Crippen molar-refractivity contribution in [3.05, 3.63) is 59.4 Å². The van der Waals surface area contributed by atoms with Crippen LogP contribution in [0.3, 0.4) is 0 Å². The zero-order chi connectivity index (χ0) is 22.4. The molecule has 7 heteroatoms. The molecule has 1 saturated heterocycles. The van der Waals surface area contributed by atoms with E-state index in [1.165, 1.54) is 12.1 Å². The normalized spacial score (nSPS) is 18.4. The average Bonchev–Trinajstić information content (AvgIpc) is 2.77. The van der Waals surface area contributed by atoms with Gasteiger partial charge >= 0.3 is 0 Å². The number of hydrogen-bond acceptors (Lipinski definition) is 4. The monoisotopic (exact) mass is 428 g/mol. The Morgan fingerprint density at radius 3 is 2.58 bits per heavy atom. The molecule has 6 nitrogen and oxygen atoms in total. The maximum absolute atomic E-state index is 13.4. The SMILES string of the molecule is COc1ccc(CC(=O)N2CCCC(C)(C(=O)NCc3cccc(F)c3)C2)cc1OC. The number of carbonyl (C=O) groups excluding carboxylic acids is 2. The summed E-state index contributed by atoms with van der Waals surface area (Å²) in [5.74, 6) is 0.700. The fourth-order valence-corrected chi connectivity index (χ4v) is 3.96. The van der Waals surface area contributed by atoms with Crippen molar-refractivity contribution in [2.45, 2.75) is 32.7 Å². The average molecular weight is 429 g/mol. The minimum Gasteiger partial charge on any atom is -0.493 e. The van der Waals surface area contributed by atoms with E-state index in [0.717, 1.165) is 12.0 Å². The molecule has 31 heavy (non-hydrogen) atoms. The number of rotatable bonds is 7. The van der Waals surface area contributed by atoms with E-state index in [1.807, 2.05) is 13.0 Å². The highest BCUT2D eigenvalue weighted by Gasteiger charge is 2.39. The molecule has 2 amide bonds. The molecule has 1 aliphatic heterocycles. The third-order valence-electron chi connectivity index (χ3n) is 5.74. The van der Waals surface area contributed by atoms with Gasteiger partial charge in [0.1, 0.15) is 5.82 Å². The predicted molar refractivity (Wildman–Crippen MR) is 115 cm³/mol. The van der Waals surface area contributed by atoms with Crippen molar-refractivity contribution in [1.82, 2.24) is 10.2 Å². The van der Waals surface area contributed by atoms with E-state index in [9.17, 15) is 14.0 Å². The van der Waals surface area contributed by atoms with Crippen LogP contribution in [0, 0.1) is 11.2 Å². The second kappa shape index (κ2) is 9.81. The van der Waals surface area contributed by atoms with Gasteiger partial charge in [0, 0.05) is 19.6 Å². The molecule has 0 aliphatic carbocycles. The number of nitrogens with one attached hydrogen (secondary N) is 1. The van der Waals surface area contributed by atoms with E-state index >= 15 is 0 Å². The number of benzene rings is 2. The Hall–Kier alpha value is -3.09. The van der Waals surface area contributed by atoms with Crippen molar-refractivity contribution in [3.8, 4) is 11.5 Å². The number of halogens is 1. The van der Waals surface area contributed by atoms with E-state index in [0.29, 0.717) is 36.6 Å². The minimum absolute atomic E-state index is 0.0314. The van der Waals surface area contributed by atoms with Gasteiger partial charge in [-0.15, -0.1) is 0 Å². The van der Waals surface area contributed by atoms with Gasteiger partial charge in [0.2, 0.25) is 11.8 Å². The number of ether oxygens (including phenoxy) is 2. The molecule has 166 valence electrons. The molecule has 3 rings (SSSR count). The standard InChI is InChI=1S/C24H29FN2O4/c1-24(23(29)26-15-18-6-4-7-19(25)12-18)10-5-11-27(16-24)22(28)14-17-8-9-20(30-2)21(13-17)31-3/h4,6-9,12-13H,5,10-11,14-16H2,1-3H3,(H,26,29). The highest BCUT2D eigenvalue weighted by Crippen LogP contribution is 2.31. The van der Waals surface area contributed by atoms with Crippen LogP contribution in [-0.2, 0) is 22.6 Å². The fraction of sp³-hybridized carbons (Fsp3) is 0.417. The first kappa shape index (κ1) is 22.6. The lowest BCUT2D eigenvalue weighted by atomic mass is 9.80. The van der Waals surface area contributed by atoms with Crippen LogP contribution in [-0.4, -0.2) is 44.0 Å². The number of amides is 2. The van der Waals surface area contributed by atoms with Crippen LogP contribution >= 0.6 is 0 Å². The number of carbonyl (C=O) groups is 2. The molecule has 0 aromatic heterocycles. The van der Waals surface area contributed by atoms with Gasteiger partial charge in [-0.05, 0) is 55.2 Å². The molecule has 1 atom stereocenters. The van der Waals surface area contributed by atoms with Crippen molar-refractivity contribution in [2.75, 3.05) is 27.3 Å². The fourth-order valence-electron chi connectivity index (χ4n) is 3.96. The molecule has 0 bridgehead atoms. The topological polar surface area (TPSA) is 67.9 Å². The van der Waals surface area contributed by atoms with Gasteiger partial charge in [-0.2, -0.15) is 0 Å². The zero-order valence-electron chi connectivity index (χ0n) is 18.2. The maximum atomic E-state index is 13.4. The second-order valence-electron chi connectivity index (χ2n) is 8.16. The van der Waals surface area contributed by atoms with Crippen LogP contribution < -0.4 is 14.8 Å². The number of methoxy groups -OCH3 is 2. The molecule has 1 N–H and O–H groups in total. The zero-order valence-corrected chi connectivity index (χ0v) is 18.2. The van der Waals surface area contributed by atoms with E-state index in [2.05, 4.69) is 5.32 Å². The summed E-state index contributed by atoms with van der Waals surface area (Å²) in [6.07, 6.45) is 1.67. The Morgan fingerprint density at radius 2 is 1.87 bits per heavy atom. The minimum atomic E-state index is -0.682. The Bertz CT molecular complexity index is 949. The molecule has 0 saturated carbocycles. The summed E-state index contributed by atoms with van der Waals surface area (Å²) in [7, 11) is 3.12. The van der Waals surface area contributed by atoms with E-state index in [-0.39, 0.29) is 30.6 Å². The summed E-state index contributed by atoms with van der Waals surface area (Å²) in [4.78, 5) is 27.6. The Kier molecular flexibility index (Phi) is 7.15. The third-order valence-corrected chi connectivity index (χ3v) is 5.74. The molecule has 1 unspecified atom stereocenters. The summed E-state index contributed by atoms with van der Waals surface area (Å²) in [6.45, 7) is 3.11. The number of nitrogens with zero attached hydrogens (tertiary/aromatic N) is 1. The van der Waals surface area contributed by atoms with E-state index < -0.39 is 5.41 Å². The van der Waals surface area contributed by atoms with Crippen molar-refractivity contribution in [1.29, 1.82) is 0 Å². The summed E-state index contributed by atoms with van der Waals surface area (Å²) in [5, 5.41) is 2.90. The lowest BCUT2D eigenvalue weighted by Gasteiger charge is -2.39. The first-order valence-corrected chi connectivity index (χ1v) is 10.4. The predicted octanol–water partition coefficient (Wildman–Crippen LogP) is 3.33. The lowest BCUT2D eigenvalue weighted by molar-refractivity contribution is -0.140. The van der Waals surface area contributed by atoms with Gasteiger partial charge in [0.05, 0.1) is 26.1 Å². The lowest BCUT2D eigenvalue weighted by Crippen LogP contribution is -2.52. The molecule has 2 aromatic rings. The first-order chi connectivity index (χ1) is 14.8. The Balaban J connectivity index is 1.61. The van der Waals surface area contributed by atoms with Gasteiger partial charge in [-0.25, -0.2) is 4.39 Å². The number of piperidine rings is 1. The smallest absolute Gasteiger partial charge is 0.227 e. The Morgan fingerprint density at radius 1 is 1.10 bits per heavy atom. The third kappa shape index (κ3) is 5.54. The molecule has 1 fully saturated rings. The van der Waals surface area contributed by atoms with Crippen LogP contribution in [0.5, 0.6) is 11.5 Å². The molecule has 1 aliphatic rings. The highest BCUT2D eigenvalue weighted by molar-refractivity contribution is 5.85. The van der Waals surface area contributed by atoms with Crippen LogP contribution in [0.15, 0.2) is 42.5 Å². The van der Waals surface area contributed by atoms with Gasteiger partial charge in [-0.3, -0.25) is 9.59 Å². The van der Waals surface area contributed by atoms with Crippen molar-refractivity contribution in [2.24, 2.45) is 5.41 Å². The van der Waals surface area contributed by atoms with Gasteiger partial charge in [0.15, 0.2) is 11.5 Å². The van der Waals surface area contributed by atoms with Gasteiger partial charge in [0.25, 0.3) is 0 Å². The number of hydrogen-bond donors (Lipinski definition) is 1. The second-order valence-corrected chi connectivity index (χ2v) is 8.16. The molecule has 2 aromatic carbocycles. The van der Waals surface area contributed by atoms with Crippen molar-refractivity contribution < 1.29 is 23.5 Å². The van der Waals surface area contributed by atoms with Crippen LogP contribution in [0.1, 0.15) is 30.9 Å². The largest absolute Gasteiger partial charge is 0.493 e. The summed E-state index contributed by atoms with van der Waals surface area (Å²) in [5.41, 5.74) is 0.846. The van der Waals surface area contributed by atoms with Crippen molar-refractivity contribution >= 4 is 11.8 Å². The maximum Gasteiger partial charge on any atom is 0.227 e. The first-order valence-electron chi connectivity index (χ1n) is 10.4. The molecule has 0 radical (unpaired) electrons. The van der Waals surface area contributed by atoms with Crippen LogP contribution in [0.25, 0.3) is 0 Å². The van der Waals surface area contributed by atoms with Crippen molar-refractivity contribution in [3.63, 3.8) is 0 Å². The molecular weight excluding hydrogens is 399 g/mol. The van der Waals surface area contributed by atoms with E-state index in [4.69, 9.17) is 9.47 Å². The quantitative estimate of drug-likeness (QED) is 0.735. The molecular formula is C24H29FN2O4. The molecule has 0 spiro atoms. The van der Waals surface area contributed by atoms with Crippen LogP contribution in [0.4, 0.5) is 4.39 Å².